The van der Waals surface area contributed by atoms with Crippen LogP contribution in [0.15, 0.2) is 18.8 Å². The Bertz CT molecular complexity index is 423. The Morgan fingerprint density at radius 1 is 1.40 bits per heavy atom. The van der Waals surface area contributed by atoms with Gasteiger partial charge in [-0.25, -0.2) is 9.97 Å². The van der Waals surface area contributed by atoms with Crippen molar-refractivity contribution in [3.63, 3.8) is 0 Å². The molecule has 0 bridgehead atoms. The minimum absolute atomic E-state index is 0.102. The van der Waals surface area contributed by atoms with Gasteiger partial charge in [-0.1, -0.05) is 32.3 Å². The summed E-state index contributed by atoms with van der Waals surface area (Å²) in [7, 11) is -0.439. The van der Waals surface area contributed by atoms with E-state index in [0.29, 0.717) is 5.82 Å². The molecule has 2 unspecified atom stereocenters. The van der Waals surface area contributed by atoms with Gasteiger partial charge >= 0.3 is 0 Å². The highest BCUT2D eigenvalue weighted by atomic mass is 31.1. The van der Waals surface area contributed by atoms with Crippen molar-refractivity contribution in [2.45, 2.75) is 38.2 Å². The summed E-state index contributed by atoms with van der Waals surface area (Å²) in [6.45, 7) is 5.30. The lowest BCUT2D eigenvalue weighted by Gasteiger charge is -2.17. The zero-order valence-corrected chi connectivity index (χ0v) is 12.7. The van der Waals surface area contributed by atoms with Gasteiger partial charge in [-0.2, -0.15) is 0 Å². The maximum atomic E-state index is 8.71. The highest BCUT2D eigenvalue weighted by Crippen LogP contribution is 2.23. The molecule has 1 aromatic heterocycles. The third-order valence-electron chi connectivity index (χ3n) is 3.53. The Morgan fingerprint density at radius 2 is 2.15 bits per heavy atom. The van der Waals surface area contributed by atoms with Crippen LogP contribution in [0.5, 0.6) is 0 Å². The first-order valence-corrected chi connectivity index (χ1v) is 7.94. The van der Waals surface area contributed by atoms with Crippen LogP contribution >= 0.6 is 9.03 Å². The monoisotopic (exact) mass is 295 g/mol. The van der Waals surface area contributed by atoms with E-state index in [1.807, 2.05) is 6.07 Å². The first-order valence-electron chi connectivity index (χ1n) is 7.08. The van der Waals surface area contributed by atoms with E-state index in [9.17, 15) is 0 Å². The molecule has 0 radical (unpaired) electrons. The molecule has 1 aliphatic carbocycles. The van der Waals surface area contributed by atoms with Gasteiger partial charge < -0.3 is 14.3 Å². The number of hydrogen-bond acceptors (Lipinski definition) is 5. The Kier molecular flexibility index (Phi) is 6.37. The van der Waals surface area contributed by atoms with Gasteiger partial charge in [0.1, 0.15) is 5.82 Å². The lowest BCUT2D eigenvalue weighted by Crippen LogP contribution is -2.22. The second-order valence-electron chi connectivity index (χ2n) is 4.96. The largest absolute Gasteiger partial charge is 0.354 e. The normalized spacial score (nSPS) is 21.4. The second kappa shape index (κ2) is 8.30. The molecular formula is C14H22N3O2P. The Hall–Kier alpha value is -1.03. The summed E-state index contributed by atoms with van der Waals surface area (Å²) in [6.07, 6.45) is 10.4. The fourth-order valence-electron chi connectivity index (χ4n) is 2.00. The predicted molar refractivity (Wildman–Crippen MR) is 82.8 cm³/mol. The van der Waals surface area contributed by atoms with Gasteiger partial charge in [0.05, 0.1) is 6.10 Å². The second-order valence-corrected chi connectivity index (χ2v) is 5.38. The van der Waals surface area contributed by atoms with Crippen molar-refractivity contribution in [2.75, 3.05) is 18.0 Å². The van der Waals surface area contributed by atoms with Crippen LogP contribution in [0.25, 0.3) is 6.08 Å². The highest BCUT2D eigenvalue weighted by Gasteiger charge is 2.24. The molecule has 0 aromatic carbocycles. The molecule has 0 amide bonds. The van der Waals surface area contributed by atoms with Gasteiger partial charge in [0.2, 0.25) is 0 Å². The molecule has 1 aromatic rings. The average molecular weight is 295 g/mol. The summed E-state index contributed by atoms with van der Waals surface area (Å²) < 4.78 is 5.19. The summed E-state index contributed by atoms with van der Waals surface area (Å²) in [5.41, 5.74) is 0. The maximum absolute atomic E-state index is 8.71. The van der Waals surface area contributed by atoms with Gasteiger partial charge in [-0.3, -0.25) is 0 Å². The fraction of sp³-hybridized carbons (Fsp3) is 0.571. The molecule has 2 fully saturated rings. The van der Waals surface area contributed by atoms with E-state index in [0.717, 1.165) is 25.3 Å². The zero-order valence-electron chi connectivity index (χ0n) is 11.7. The van der Waals surface area contributed by atoms with E-state index in [4.69, 9.17) is 9.42 Å². The Labute approximate surface area is 122 Å². The van der Waals surface area contributed by atoms with Crippen molar-refractivity contribution < 1.29 is 9.42 Å². The first-order chi connectivity index (χ1) is 9.83. The summed E-state index contributed by atoms with van der Waals surface area (Å²) in [5.74, 6) is 1.52. The van der Waals surface area contributed by atoms with Crippen LogP contribution in [-0.4, -0.2) is 34.1 Å². The van der Waals surface area contributed by atoms with Crippen molar-refractivity contribution in [2.24, 2.45) is 0 Å². The number of nitrogens with zero attached hydrogens (tertiary/aromatic N) is 3. The zero-order chi connectivity index (χ0) is 14.2. The minimum atomic E-state index is -0.439. The standard InChI is InChI=1S/C10H14N3O2P.C4H8/c1-2-9-11-5-3-10(12-9)13-6-4-8(7-13)15-16-14;1-2-4-3-1/h2-3,5,8,14,16H,1,4,6-7H2;1-4H2. The van der Waals surface area contributed by atoms with E-state index >= 15 is 0 Å². The first kappa shape index (κ1) is 15.4. The molecule has 1 N–H and O–H groups in total. The van der Waals surface area contributed by atoms with E-state index in [1.165, 1.54) is 25.7 Å². The number of aromatic nitrogens is 2. The molecule has 20 heavy (non-hydrogen) atoms. The molecule has 2 atom stereocenters. The summed E-state index contributed by atoms with van der Waals surface area (Å²) in [4.78, 5) is 19.2. The molecule has 6 heteroatoms. The van der Waals surface area contributed by atoms with Gasteiger partial charge in [0.25, 0.3) is 0 Å². The number of hydrogen-bond donors (Lipinski definition) is 1. The van der Waals surface area contributed by atoms with E-state index in [-0.39, 0.29) is 6.10 Å². The summed E-state index contributed by atoms with van der Waals surface area (Å²) >= 11 is 0. The smallest absolute Gasteiger partial charge is 0.153 e. The van der Waals surface area contributed by atoms with Crippen molar-refractivity contribution in [1.29, 1.82) is 0 Å². The van der Waals surface area contributed by atoms with E-state index in [2.05, 4.69) is 21.4 Å². The summed E-state index contributed by atoms with van der Waals surface area (Å²) in [5, 5.41) is 0. The van der Waals surface area contributed by atoms with Gasteiger partial charge in [-0.15, -0.1) is 0 Å². The third kappa shape index (κ3) is 4.51. The van der Waals surface area contributed by atoms with Crippen molar-refractivity contribution in [3.05, 3.63) is 24.7 Å². The number of anilines is 1. The Morgan fingerprint density at radius 3 is 2.75 bits per heavy atom. The topological polar surface area (TPSA) is 58.5 Å². The molecule has 1 saturated heterocycles. The molecule has 1 saturated carbocycles. The highest BCUT2D eigenvalue weighted by molar-refractivity contribution is 7.25. The lowest BCUT2D eigenvalue weighted by atomic mass is 10.0. The SMILES string of the molecule is C1CCC1.C=Cc1nccc(N2CCC(OPO)C2)n1. The maximum Gasteiger partial charge on any atom is 0.153 e. The van der Waals surface area contributed by atoms with Crippen molar-refractivity contribution >= 4 is 20.9 Å². The van der Waals surface area contributed by atoms with Crippen LogP contribution in [0, 0.1) is 0 Å². The predicted octanol–water partition coefficient (Wildman–Crippen LogP) is 2.78. The number of rotatable bonds is 4. The van der Waals surface area contributed by atoms with Crippen LogP contribution in [0.4, 0.5) is 5.82 Å². The lowest BCUT2D eigenvalue weighted by molar-refractivity contribution is 0.236. The van der Waals surface area contributed by atoms with Gasteiger partial charge in [0.15, 0.2) is 14.9 Å². The molecule has 1 aliphatic heterocycles. The molecule has 2 heterocycles. The quantitative estimate of drug-likeness (QED) is 0.866. The van der Waals surface area contributed by atoms with Gasteiger partial charge in [0, 0.05) is 19.3 Å². The van der Waals surface area contributed by atoms with Crippen molar-refractivity contribution in [1.82, 2.24) is 9.97 Å². The third-order valence-corrected chi connectivity index (χ3v) is 3.97. The molecule has 110 valence electrons. The van der Waals surface area contributed by atoms with Crippen LogP contribution < -0.4 is 4.90 Å². The van der Waals surface area contributed by atoms with E-state index < -0.39 is 9.03 Å². The summed E-state index contributed by atoms with van der Waals surface area (Å²) in [6, 6.07) is 1.87. The van der Waals surface area contributed by atoms with Crippen LogP contribution in [0.2, 0.25) is 0 Å². The molecule has 3 rings (SSSR count). The molecule has 5 nitrogen and oxygen atoms in total. The Balaban J connectivity index is 0.000000315. The minimum Gasteiger partial charge on any atom is -0.354 e. The van der Waals surface area contributed by atoms with Gasteiger partial charge in [-0.05, 0) is 18.6 Å². The average Bonchev–Trinajstić information content (AvgIpc) is 2.86. The fourth-order valence-corrected chi connectivity index (χ4v) is 2.34. The molecule has 0 spiro atoms. The van der Waals surface area contributed by atoms with Crippen molar-refractivity contribution in [3.8, 4) is 0 Å². The van der Waals surface area contributed by atoms with Crippen LogP contribution in [-0.2, 0) is 4.52 Å². The van der Waals surface area contributed by atoms with Crippen LogP contribution in [0.3, 0.4) is 0 Å². The molecule has 2 aliphatic rings. The van der Waals surface area contributed by atoms with Crippen LogP contribution in [0.1, 0.15) is 37.9 Å². The molecular weight excluding hydrogens is 273 g/mol. The van der Waals surface area contributed by atoms with E-state index in [1.54, 1.807) is 12.3 Å².